The number of ether oxygens (including phenoxy) is 1. The average molecular weight is 525 g/mol. The maximum absolute atomic E-state index is 13.6. The van der Waals surface area contributed by atoms with Crippen molar-refractivity contribution in [3.63, 3.8) is 0 Å². The van der Waals surface area contributed by atoms with Crippen molar-refractivity contribution in [2.24, 2.45) is 23.7 Å². The van der Waals surface area contributed by atoms with E-state index in [2.05, 4.69) is 12.1 Å². The molecule has 5 unspecified atom stereocenters. The predicted octanol–water partition coefficient (Wildman–Crippen LogP) is 4.56. The Morgan fingerprint density at radius 1 is 0.872 bits per heavy atom. The van der Waals surface area contributed by atoms with Crippen LogP contribution in [0.4, 0.5) is 11.4 Å². The van der Waals surface area contributed by atoms with Crippen molar-refractivity contribution in [2.75, 3.05) is 11.5 Å². The van der Waals surface area contributed by atoms with Crippen molar-refractivity contribution < 1.29 is 28.8 Å². The van der Waals surface area contributed by atoms with Crippen LogP contribution in [-0.4, -0.2) is 35.1 Å². The standard InChI is InChI=1S/C30H24N2O7/c33-25(18-9-11-21(12-10-18)32(37)38)16-39-30(36)19-7-4-8-22(13-19)31-28(34)26-20-14-23(17-5-2-1-3-6-17)24(15-20)27(26)29(31)35/h1-13,20,23-24,26-27H,14-16H2. The summed E-state index contributed by atoms with van der Waals surface area (Å²) in [5, 5.41) is 10.8. The van der Waals surface area contributed by atoms with Gasteiger partial charge in [0.1, 0.15) is 0 Å². The number of benzene rings is 3. The number of ketones is 1. The van der Waals surface area contributed by atoms with Crippen molar-refractivity contribution in [3.05, 3.63) is 106 Å². The molecule has 3 aromatic carbocycles. The van der Waals surface area contributed by atoms with Crippen LogP contribution in [0, 0.1) is 33.8 Å². The average Bonchev–Trinajstić information content (AvgIpc) is 3.63. The molecule has 1 heterocycles. The largest absolute Gasteiger partial charge is 0.454 e. The molecule has 0 radical (unpaired) electrons. The van der Waals surface area contributed by atoms with Gasteiger partial charge < -0.3 is 4.74 Å². The van der Waals surface area contributed by atoms with E-state index < -0.39 is 23.3 Å². The molecule has 3 aliphatic rings. The zero-order valence-corrected chi connectivity index (χ0v) is 20.8. The predicted molar refractivity (Wildman–Crippen MR) is 139 cm³/mol. The molecule has 9 heteroatoms. The van der Waals surface area contributed by atoms with Crippen LogP contribution in [0.25, 0.3) is 0 Å². The molecule has 1 aliphatic heterocycles. The molecule has 2 saturated carbocycles. The fourth-order valence-electron chi connectivity index (χ4n) is 6.64. The number of carbonyl (C=O) groups excluding carboxylic acids is 4. The first kappa shape index (κ1) is 24.7. The minimum atomic E-state index is -0.782. The first-order valence-electron chi connectivity index (χ1n) is 12.8. The third kappa shape index (κ3) is 4.20. The molecule has 3 fully saturated rings. The summed E-state index contributed by atoms with van der Waals surface area (Å²) in [6.07, 6.45) is 1.76. The van der Waals surface area contributed by atoms with Gasteiger partial charge >= 0.3 is 5.97 Å². The van der Waals surface area contributed by atoms with Gasteiger partial charge in [0.2, 0.25) is 11.8 Å². The number of anilines is 1. The summed E-state index contributed by atoms with van der Waals surface area (Å²) in [5.74, 6) is -1.92. The van der Waals surface area contributed by atoms with Crippen LogP contribution in [0.1, 0.15) is 45.0 Å². The number of amides is 2. The van der Waals surface area contributed by atoms with E-state index in [-0.39, 0.29) is 58.2 Å². The number of esters is 1. The normalized spacial score (nSPS) is 25.0. The van der Waals surface area contributed by atoms with Crippen LogP contribution in [0.3, 0.4) is 0 Å². The highest BCUT2D eigenvalue weighted by atomic mass is 16.6. The third-order valence-corrected chi connectivity index (χ3v) is 8.32. The Balaban J connectivity index is 1.15. The van der Waals surface area contributed by atoms with Crippen molar-refractivity contribution in [1.29, 1.82) is 0 Å². The second-order valence-electron chi connectivity index (χ2n) is 10.3. The summed E-state index contributed by atoms with van der Waals surface area (Å²) in [5.41, 5.74) is 1.64. The molecule has 1 saturated heterocycles. The van der Waals surface area contributed by atoms with E-state index in [4.69, 9.17) is 4.74 Å². The van der Waals surface area contributed by atoms with Gasteiger partial charge in [-0.2, -0.15) is 0 Å². The van der Waals surface area contributed by atoms with Crippen molar-refractivity contribution in [2.45, 2.75) is 18.8 Å². The van der Waals surface area contributed by atoms with Gasteiger partial charge in [0.05, 0.1) is 28.0 Å². The van der Waals surface area contributed by atoms with E-state index in [0.29, 0.717) is 5.69 Å². The van der Waals surface area contributed by atoms with Crippen LogP contribution < -0.4 is 4.90 Å². The molecule has 0 spiro atoms. The fourth-order valence-corrected chi connectivity index (χ4v) is 6.64. The number of non-ortho nitro benzene ring substituents is 1. The highest BCUT2D eigenvalue weighted by Gasteiger charge is 2.64. The zero-order chi connectivity index (χ0) is 27.3. The molecule has 5 atom stereocenters. The van der Waals surface area contributed by atoms with Crippen LogP contribution >= 0.6 is 0 Å². The summed E-state index contributed by atoms with van der Waals surface area (Å²) >= 11 is 0. The Bertz CT molecular complexity index is 1500. The van der Waals surface area contributed by atoms with Gasteiger partial charge in [0.15, 0.2) is 12.4 Å². The van der Waals surface area contributed by atoms with Gasteiger partial charge in [-0.3, -0.25) is 29.4 Å². The van der Waals surface area contributed by atoms with Crippen LogP contribution in [0.2, 0.25) is 0 Å². The van der Waals surface area contributed by atoms with Gasteiger partial charge in [0, 0.05) is 17.7 Å². The Kier molecular flexibility index (Phi) is 6.06. The number of hydrogen-bond acceptors (Lipinski definition) is 7. The van der Waals surface area contributed by atoms with E-state index in [1.807, 2.05) is 18.2 Å². The number of rotatable bonds is 7. The molecule has 0 aromatic heterocycles. The first-order chi connectivity index (χ1) is 18.8. The number of Topliss-reactive ketones (excluding diaryl/α,β-unsaturated/α-hetero) is 1. The minimum absolute atomic E-state index is 0.104. The highest BCUT2D eigenvalue weighted by Crippen LogP contribution is 2.61. The number of nitrogens with zero attached hydrogens (tertiary/aromatic N) is 2. The van der Waals surface area contributed by atoms with E-state index in [1.54, 1.807) is 12.1 Å². The van der Waals surface area contributed by atoms with Crippen LogP contribution in [0.5, 0.6) is 0 Å². The number of nitro benzene ring substituents is 1. The van der Waals surface area contributed by atoms with Gasteiger partial charge in [-0.05, 0) is 66.5 Å². The second kappa shape index (κ2) is 9.58. The lowest BCUT2D eigenvalue weighted by Gasteiger charge is -2.28. The fraction of sp³-hybridized carbons (Fsp3) is 0.267. The lowest BCUT2D eigenvalue weighted by molar-refractivity contribution is -0.384. The summed E-state index contributed by atoms with van der Waals surface area (Å²) < 4.78 is 5.16. The number of imide groups is 1. The molecule has 9 nitrogen and oxygen atoms in total. The summed E-state index contributed by atoms with van der Waals surface area (Å²) in [6, 6.07) is 21.2. The lowest BCUT2D eigenvalue weighted by atomic mass is 9.73. The summed E-state index contributed by atoms with van der Waals surface area (Å²) in [6.45, 7) is -0.559. The van der Waals surface area contributed by atoms with E-state index in [1.165, 1.54) is 46.9 Å². The monoisotopic (exact) mass is 524 g/mol. The van der Waals surface area contributed by atoms with E-state index in [0.717, 1.165) is 12.8 Å². The zero-order valence-electron chi connectivity index (χ0n) is 20.8. The lowest BCUT2D eigenvalue weighted by Crippen LogP contribution is -2.33. The SMILES string of the molecule is O=C(COC(=O)c1cccc(N2C(=O)C3C4CC(c5ccccc5)C(C4)C3C2=O)c1)c1ccc([N+](=O)[O-])cc1. The maximum atomic E-state index is 13.6. The third-order valence-electron chi connectivity index (χ3n) is 8.32. The first-order valence-corrected chi connectivity index (χ1v) is 12.8. The number of fused-ring (bicyclic) bond motifs is 5. The Labute approximate surface area is 223 Å². The van der Waals surface area contributed by atoms with Crippen LogP contribution in [0.15, 0.2) is 78.9 Å². The molecule has 2 bridgehead atoms. The maximum Gasteiger partial charge on any atom is 0.338 e. The highest BCUT2D eigenvalue weighted by molar-refractivity contribution is 6.23. The van der Waals surface area contributed by atoms with E-state index >= 15 is 0 Å². The summed E-state index contributed by atoms with van der Waals surface area (Å²) in [4.78, 5) is 63.6. The molecule has 39 heavy (non-hydrogen) atoms. The minimum Gasteiger partial charge on any atom is -0.454 e. The molecule has 6 rings (SSSR count). The van der Waals surface area contributed by atoms with Crippen molar-refractivity contribution in [1.82, 2.24) is 0 Å². The van der Waals surface area contributed by atoms with Gasteiger partial charge in [-0.15, -0.1) is 0 Å². The number of hydrogen-bond donors (Lipinski definition) is 0. The Hall–Kier alpha value is -4.66. The second-order valence-corrected chi connectivity index (χ2v) is 10.3. The smallest absolute Gasteiger partial charge is 0.338 e. The van der Waals surface area contributed by atoms with Crippen molar-refractivity contribution >= 4 is 34.9 Å². The summed E-state index contributed by atoms with van der Waals surface area (Å²) in [7, 11) is 0. The Morgan fingerprint density at radius 2 is 1.59 bits per heavy atom. The topological polar surface area (TPSA) is 124 Å². The molecule has 3 aromatic rings. The van der Waals surface area contributed by atoms with Gasteiger partial charge in [0.25, 0.3) is 5.69 Å². The quantitative estimate of drug-likeness (QED) is 0.146. The number of carbonyl (C=O) groups is 4. The van der Waals surface area contributed by atoms with Crippen LogP contribution in [-0.2, 0) is 14.3 Å². The molecule has 196 valence electrons. The Morgan fingerprint density at radius 3 is 2.31 bits per heavy atom. The molecular weight excluding hydrogens is 500 g/mol. The number of nitro groups is 1. The van der Waals surface area contributed by atoms with Gasteiger partial charge in [-0.25, -0.2) is 4.79 Å². The molecular formula is C30H24N2O7. The van der Waals surface area contributed by atoms with Gasteiger partial charge in [-0.1, -0.05) is 36.4 Å². The molecule has 0 N–H and O–H groups in total. The molecule has 2 amide bonds. The molecule has 2 aliphatic carbocycles. The van der Waals surface area contributed by atoms with E-state index in [9.17, 15) is 29.3 Å². The van der Waals surface area contributed by atoms with Crippen molar-refractivity contribution in [3.8, 4) is 0 Å².